The van der Waals surface area contributed by atoms with E-state index in [4.69, 9.17) is 5.11 Å². The lowest BCUT2D eigenvalue weighted by atomic mass is 10.0. The summed E-state index contributed by atoms with van der Waals surface area (Å²) in [6.07, 6.45) is 1.83. The largest absolute Gasteiger partial charge is 0.478 e. The van der Waals surface area contributed by atoms with Gasteiger partial charge in [0.1, 0.15) is 0 Å². The average Bonchev–Trinajstić information content (AvgIpc) is 2.65. The Hall–Kier alpha value is -2.33. The van der Waals surface area contributed by atoms with Crippen molar-refractivity contribution in [3.05, 3.63) is 81.9 Å². The highest BCUT2D eigenvalue weighted by Gasteiger charge is 2.09. The van der Waals surface area contributed by atoms with E-state index in [1.54, 1.807) is 30.0 Å². The van der Waals surface area contributed by atoms with Crippen LogP contribution in [-0.2, 0) is 12.8 Å². The topological polar surface area (TPSA) is 49.7 Å². The van der Waals surface area contributed by atoms with Gasteiger partial charge in [0.2, 0.25) is 0 Å². The van der Waals surface area contributed by atoms with Crippen LogP contribution in [0.15, 0.2) is 64.6 Å². The fourth-order valence-corrected chi connectivity index (χ4v) is 3.62. The molecule has 0 aliphatic rings. The van der Waals surface area contributed by atoms with E-state index in [9.17, 15) is 4.79 Å². The molecule has 4 heteroatoms. The first-order valence-corrected chi connectivity index (χ1v) is 10.1. The maximum Gasteiger partial charge on any atom is 0.335 e. The summed E-state index contributed by atoms with van der Waals surface area (Å²) in [5.41, 5.74) is 4.78. The lowest BCUT2D eigenvalue weighted by Gasteiger charge is -2.11. The number of rotatable bonds is 9. The van der Waals surface area contributed by atoms with Gasteiger partial charge in [0.25, 0.3) is 0 Å². The molecule has 1 atom stereocenters. The summed E-state index contributed by atoms with van der Waals surface area (Å²) in [5, 5.41) is 11.3. The van der Waals surface area contributed by atoms with E-state index >= 15 is 0 Å². The highest BCUT2D eigenvalue weighted by molar-refractivity contribution is 8.02. The highest BCUT2D eigenvalue weighted by Crippen LogP contribution is 2.31. The molecule has 0 aliphatic heterocycles. The van der Waals surface area contributed by atoms with Gasteiger partial charge in [-0.1, -0.05) is 50.2 Å². The molecule has 142 valence electrons. The maximum atomic E-state index is 11.1. The van der Waals surface area contributed by atoms with Crippen LogP contribution in [0.2, 0.25) is 0 Å². The van der Waals surface area contributed by atoms with Gasteiger partial charge in [-0.2, -0.15) is 0 Å². The molecule has 0 fully saturated rings. The van der Waals surface area contributed by atoms with Crippen LogP contribution >= 0.6 is 11.8 Å². The molecule has 0 heterocycles. The molecule has 27 heavy (non-hydrogen) atoms. The van der Waals surface area contributed by atoms with Crippen molar-refractivity contribution in [3.8, 4) is 0 Å². The third-order valence-electron chi connectivity index (χ3n) is 4.27. The summed E-state index contributed by atoms with van der Waals surface area (Å²) in [4.78, 5) is 15.3. The van der Waals surface area contributed by atoms with Crippen molar-refractivity contribution in [1.82, 2.24) is 0 Å². The number of carbonyl (C=O) groups is 1. The Morgan fingerprint density at radius 2 is 1.81 bits per heavy atom. The molecule has 2 rings (SSSR count). The molecule has 1 N–H and O–H groups in total. The van der Waals surface area contributed by atoms with E-state index in [-0.39, 0.29) is 5.25 Å². The molecule has 2 aromatic carbocycles. The van der Waals surface area contributed by atoms with Gasteiger partial charge in [-0.3, -0.25) is 4.99 Å². The molecule has 1 unspecified atom stereocenters. The number of aromatic carboxylic acids is 1. The van der Waals surface area contributed by atoms with E-state index in [1.807, 2.05) is 11.5 Å². The summed E-state index contributed by atoms with van der Waals surface area (Å²) >= 11 is 1.62. The van der Waals surface area contributed by atoms with Gasteiger partial charge in [0, 0.05) is 11.7 Å². The van der Waals surface area contributed by atoms with Gasteiger partial charge in [0.15, 0.2) is 0 Å². The Balaban J connectivity index is 2.02. The van der Waals surface area contributed by atoms with Gasteiger partial charge in [-0.25, -0.2) is 4.79 Å². The van der Waals surface area contributed by atoms with Gasteiger partial charge < -0.3 is 5.11 Å². The molecule has 0 aromatic heterocycles. The predicted molar refractivity (Wildman–Crippen MR) is 116 cm³/mol. The third kappa shape index (κ3) is 6.72. The number of benzene rings is 2. The fourth-order valence-electron chi connectivity index (χ4n) is 2.79. The fraction of sp³-hybridized carbons (Fsp3) is 0.304. The number of hydrogen-bond donors (Lipinski definition) is 1. The predicted octanol–water partition coefficient (Wildman–Crippen LogP) is 6.16. The minimum Gasteiger partial charge on any atom is -0.478 e. The summed E-state index contributed by atoms with van der Waals surface area (Å²) in [6, 6.07) is 15.7. The van der Waals surface area contributed by atoms with Gasteiger partial charge in [-0.15, -0.1) is 11.8 Å². The summed E-state index contributed by atoms with van der Waals surface area (Å²) in [6.45, 7) is 10.2. The number of nitrogens with zero attached hydrogens (tertiary/aromatic N) is 1. The SMILES string of the molecule is C=N/C(=C\SC(C)c1cccc(C(=O)O)c1)Cc1ccc(CC(C)C)cc1. The second-order valence-corrected chi connectivity index (χ2v) is 8.28. The Morgan fingerprint density at radius 1 is 1.15 bits per heavy atom. The third-order valence-corrected chi connectivity index (χ3v) is 5.36. The van der Waals surface area contributed by atoms with Crippen molar-refractivity contribution in [3.63, 3.8) is 0 Å². The average molecular weight is 382 g/mol. The zero-order valence-electron chi connectivity index (χ0n) is 16.2. The minimum atomic E-state index is -0.904. The van der Waals surface area contributed by atoms with E-state index in [1.165, 1.54) is 11.1 Å². The molecule has 3 nitrogen and oxygen atoms in total. The zero-order valence-corrected chi connectivity index (χ0v) is 17.0. The Morgan fingerprint density at radius 3 is 2.41 bits per heavy atom. The molecule has 0 aliphatic carbocycles. The quantitative estimate of drug-likeness (QED) is 0.529. The van der Waals surface area contributed by atoms with Crippen LogP contribution < -0.4 is 0 Å². The number of thioether (sulfide) groups is 1. The monoisotopic (exact) mass is 381 g/mol. The second-order valence-electron chi connectivity index (χ2n) is 7.07. The zero-order chi connectivity index (χ0) is 19.8. The van der Waals surface area contributed by atoms with Crippen molar-refractivity contribution in [1.29, 1.82) is 0 Å². The molecule has 2 aromatic rings. The van der Waals surface area contributed by atoms with Crippen LogP contribution in [0.5, 0.6) is 0 Å². The van der Waals surface area contributed by atoms with Gasteiger partial charge in [-0.05, 0) is 60.2 Å². The highest BCUT2D eigenvalue weighted by atomic mass is 32.2. The Bertz CT molecular complexity index is 809. The Labute approximate surface area is 166 Å². The summed E-state index contributed by atoms with van der Waals surface area (Å²) in [7, 11) is 0. The van der Waals surface area contributed by atoms with Crippen molar-refractivity contribution >= 4 is 24.4 Å². The number of carboxylic acid groups (broad SMARTS) is 1. The molecular formula is C23H27NO2S. The van der Waals surface area contributed by atoms with Gasteiger partial charge in [0.05, 0.1) is 11.3 Å². The lowest BCUT2D eigenvalue weighted by Crippen LogP contribution is -1.98. The van der Waals surface area contributed by atoms with Crippen LogP contribution in [0.25, 0.3) is 0 Å². The number of aliphatic imine (C=N–C) groups is 1. The lowest BCUT2D eigenvalue weighted by molar-refractivity contribution is 0.0696. The van der Waals surface area contributed by atoms with Gasteiger partial charge >= 0.3 is 5.97 Å². The van der Waals surface area contributed by atoms with E-state index in [0.717, 1.165) is 24.1 Å². The molecule has 0 radical (unpaired) electrons. The van der Waals surface area contributed by atoms with Crippen LogP contribution in [0.3, 0.4) is 0 Å². The van der Waals surface area contributed by atoms with E-state index in [0.29, 0.717) is 11.5 Å². The van der Waals surface area contributed by atoms with E-state index in [2.05, 4.69) is 56.7 Å². The molecule has 0 spiro atoms. The standard InChI is InChI=1S/C23H27NO2S/c1-16(2)12-18-8-10-19(11-9-18)13-22(24-4)15-27-17(3)20-6-5-7-21(14-20)23(25)26/h5-11,14-17H,4,12-13H2,1-3H3,(H,25,26)/b22-15-. The van der Waals surface area contributed by atoms with Crippen LogP contribution in [0.1, 0.15) is 53.1 Å². The smallest absolute Gasteiger partial charge is 0.335 e. The first kappa shape index (κ1) is 21.0. The molecule has 0 bridgehead atoms. The van der Waals surface area contributed by atoms with Crippen molar-refractivity contribution in [2.24, 2.45) is 10.9 Å². The number of allylic oxidation sites excluding steroid dienone is 1. The summed E-state index contributed by atoms with van der Waals surface area (Å²) < 4.78 is 0. The molecule has 0 saturated heterocycles. The Kier molecular flexibility index (Phi) is 7.86. The van der Waals surface area contributed by atoms with Crippen LogP contribution in [-0.4, -0.2) is 17.8 Å². The first-order valence-electron chi connectivity index (χ1n) is 9.11. The summed E-state index contributed by atoms with van der Waals surface area (Å²) in [5.74, 6) is -0.252. The maximum absolute atomic E-state index is 11.1. The molecular weight excluding hydrogens is 354 g/mol. The first-order chi connectivity index (χ1) is 12.9. The second kappa shape index (κ2) is 10.1. The molecule has 0 saturated carbocycles. The molecule has 0 amide bonds. The minimum absolute atomic E-state index is 0.134. The van der Waals surface area contributed by atoms with Crippen molar-refractivity contribution in [2.45, 2.75) is 38.9 Å². The van der Waals surface area contributed by atoms with Crippen molar-refractivity contribution < 1.29 is 9.90 Å². The normalized spacial score (nSPS) is 12.8. The number of hydrogen-bond acceptors (Lipinski definition) is 3. The van der Waals surface area contributed by atoms with Crippen LogP contribution in [0.4, 0.5) is 0 Å². The van der Waals surface area contributed by atoms with Crippen LogP contribution in [0, 0.1) is 5.92 Å². The van der Waals surface area contributed by atoms with E-state index < -0.39 is 5.97 Å². The van der Waals surface area contributed by atoms with Crippen molar-refractivity contribution in [2.75, 3.05) is 0 Å². The number of carboxylic acids is 1.